The Labute approximate surface area is 261 Å². The molecule has 0 radical (unpaired) electrons. The molecule has 0 heterocycles. The zero-order valence-corrected chi connectivity index (χ0v) is 28.1. The molecule has 0 amide bonds. The Bertz CT molecular complexity index is 639. The summed E-state index contributed by atoms with van der Waals surface area (Å²) >= 11 is 0. The molecular weight excluding hydrogens is 520 g/mol. The standard InChI is InChI=1S/C38H70O4/c1-3-5-7-9-11-12-13-14-15-16-17-18-19-20-21-22-23-25-31-35-38(41)42-36(32-28-24-10-8-6-4-2)33-29-26-27-30-34-37(39)40/h11-12,14-15,36H,3-10,13,16-35H2,1-2H3,(H,39,40)/b12-11-,15-14-. The van der Waals surface area contributed by atoms with Gasteiger partial charge in [0.1, 0.15) is 6.10 Å². The Morgan fingerprint density at radius 2 is 0.929 bits per heavy atom. The summed E-state index contributed by atoms with van der Waals surface area (Å²) < 4.78 is 5.92. The second-order valence-electron chi connectivity index (χ2n) is 12.4. The summed E-state index contributed by atoms with van der Waals surface area (Å²) in [6.45, 7) is 4.49. The monoisotopic (exact) mass is 591 g/mol. The maximum absolute atomic E-state index is 12.5. The molecule has 0 fully saturated rings. The first kappa shape index (κ1) is 40.4. The quantitative estimate of drug-likeness (QED) is 0.0469. The fraction of sp³-hybridized carbons (Fsp3) is 0.842. The van der Waals surface area contributed by atoms with Crippen molar-refractivity contribution in [3.63, 3.8) is 0 Å². The van der Waals surface area contributed by atoms with Crippen LogP contribution in [0.5, 0.6) is 0 Å². The van der Waals surface area contributed by atoms with Crippen LogP contribution in [-0.4, -0.2) is 23.1 Å². The number of hydrogen-bond donors (Lipinski definition) is 1. The number of carbonyl (C=O) groups is 2. The average molecular weight is 591 g/mol. The van der Waals surface area contributed by atoms with Gasteiger partial charge in [0, 0.05) is 12.8 Å². The molecule has 246 valence electrons. The van der Waals surface area contributed by atoms with E-state index < -0.39 is 5.97 Å². The van der Waals surface area contributed by atoms with Gasteiger partial charge in [-0.15, -0.1) is 0 Å². The van der Waals surface area contributed by atoms with Crippen LogP contribution in [0.25, 0.3) is 0 Å². The van der Waals surface area contributed by atoms with Crippen molar-refractivity contribution in [2.75, 3.05) is 0 Å². The van der Waals surface area contributed by atoms with Gasteiger partial charge in [0.15, 0.2) is 0 Å². The second kappa shape index (κ2) is 33.9. The Morgan fingerprint density at radius 3 is 1.45 bits per heavy atom. The predicted octanol–water partition coefficient (Wildman–Crippen LogP) is 12.4. The van der Waals surface area contributed by atoms with E-state index in [2.05, 4.69) is 38.2 Å². The minimum absolute atomic E-state index is 0.0195. The van der Waals surface area contributed by atoms with E-state index in [-0.39, 0.29) is 18.5 Å². The highest BCUT2D eigenvalue weighted by Gasteiger charge is 2.14. The summed E-state index contributed by atoms with van der Waals surface area (Å²) in [5.74, 6) is -0.732. The van der Waals surface area contributed by atoms with E-state index in [0.717, 1.165) is 64.2 Å². The molecular formula is C38H70O4. The largest absolute Gasteiger partial charge is 0.481 e. The van der Waals surface area contributed by atoms with Gasteiger partial charge in [-0.2, -0.15) is 0 Å². The summed E-state index contributed by atoms with van der Waals surface area (Å²) in [5, 5.41) is 8.80. The number of carbonyl (C=O) groups excluding carboxylic acids is 1. The van der Waals surface area contributed by atoms with E-state index in [1.807, 2.05) is 0 Å². The van der Waals surface area contributed by atoms with Gasteiger partial charge in [-0.3, -0.25) is 9.59 Å². The lowest BCUT2D eigenvalue weighted by molar-refractivity contribution is -0.150. The van der Waals surface area contributed by atoms with Crippen LogP contribution in [0.2, 0.25) is 0 Å². The maximum atomic E-state index is 12.5. The fourth-order valence-electron chi connectivity index (χ4n) is 5.45. The van der Waals surface area contributed by atoms with Crippen molar-refractivity contribution in [2.24, 2.45) is 0 Å². The third kappa shape index (κ3) is 32.9. The molecule has 4 heteroatoms. The lowest BCUT2D eigenvalue weighted by atomic mass is 10.0. The minimum atomic E-state index is -0.712. The summed E-state index contributed by atoms with van der Waals surface area (Å²) in [5.41, 5.74) is 0. The molecule has 0 rings (SSSR count). The van der Waals surface area contributed by atoms with E-state index in [0.29, 0.717) is 6.42 Å². The topological polar surface area (TPSA) is 63.6 Å². The molecule has 42 heavy (non-hydrogen) atoms. The minimum Gasteiger partial charge on any atom is -0.481 e. The van der Waals surface area contributed by atoms with Crippen molar-refractivity contribution < 1.29 is 19.4 Å². The van der Waals surface area contributed by atoms with Crippen LogP contribution in [0, 0.1) is 0 Å². The van der Waals surface area contributed by atoms with E-state index >= 15 is 0 Å². The summed E-state index contributed by atoms with van der Waals surface area (Å²) in [6.07, 6.45) is 42.0. The van der Waals surface area contributed by atoms with E-state index in [9.17, 15) is 9.59 Å². The second-order valence-corrected chi connectivity index (χ2v) is 12.4. The lowest BCUT2D eigenvalue weighted by Gasteiger charge is -2.18. The van der Waals surface area contributed by atoms with Crippen LogP contribution in [0.3, 0.4) is 0 Å². The summed E-state index contributed by atoms with van der Waals surface area (Å²) in [6, 6.07) is 0. The molecule has 0 aromatic carbocycles. The highest BCUT2D eigenvalue weighted by molar-refractivity contribution is 5.69. The van der Waals surface area contributed by atoms with Crippen molar-refractivity contribution in [1.29, 1.82) is 0 Å². The highest BCUT2D eigenvalue weighted by atomic mass is 16.5. The van der Waals surface area contributed by atoms with Crippen molar-refractivity contribution in [3.8, 4) is 0 Å². The highest BCUT2D eigenvalue weighted by Crippen LogP contribution is 2.18. The lowest BCUT2D eigenvalue weighted by Crippen LogP contribution is -2.18. The number of carboxylic acid groups (broad SMARTS) is 1. The molecule has 1 N–H and O–H groups in total. The Hall–Kier alpha value is -1.58. The fourth-order valence-corrected chi connectivity index (χ4v) is 5.45. The van der Waals surface area contributed by atoms with Gasteiger partial charge in [-0.1, -0.05) is 141 Å². The number of aliphatic carboxylic acids is 1. The number of unbranched alkanes of at least 4 members (excludes halogenated alkanes) is 20. The summed E-state index contributed by atoms with van der Waals surface area (Å²) in [4.78, 5) is 23.2. The molecule has 0 saturated carbocycles. The third-order valence-corrected chi connectivity index (χ3v) is 8.18. The van der Waals surface area contributed by atoms with Gasteiger partial charge >= 0.3 is 11.9 Å². The number of allylic oxidation sites excluding steroid dienone is 4. The Morgan fingerprint density at radius 1 is 0.524 bits per heavy atom. The van der Waals surface area contributed by atoms with Crippen LogP contribution in [-0.2, 0) is 14.3 Å². The number of esters is 1. The number of carboxylic acids is 1. The molecule has 1 unspecified atom stereocenters. The van der Waals surface area contributed by atoms with Gasteiger partial charge in [-0.25, -0.2) is 0 Å². The van der Waals surface area contributed by atoms with Crippen LogP contribution in [0.1, 0.15) is 200 Å². The molecule has 0 aliphatic rings. The number of rotatable bonds is 33. The number of ether oxygens (including phenoxy) is 1. The van der Waals surface area contributed by atoms with Crippen LogP contribution < -0.4 is 0 Å². The molecule has 0 bridgehead atoms. The van der Waals surface area contributed by atoms with Crippen LogP contribution in [0.15, 0.2) is 24.3 Å². The van der Waals surface area contributed by atoms with Gasteiger partial charge in [0.2, 0.25) is 0 Å². The normalized spacial score (nSPS) is 12.4. The van der Waals surface area contributed by atoms with Gasteiger partial charge in [0.25, 0.3) is 0 Å². The first-order valence-corrected chi connectivity index (χ1v) is 18.3. The van der Waals surface area contributed by atoms with E-state index in [1.54, 1.807) is 0 Å². The SMILES string of the molecule is CCCCC/C=C\C/C=C\CCCCCCCCCCCC(=O)OC(CCCCCCCC)CCCCCCC(=O)O. The van der Waals surface area contributed by atoms with Gasteiger partial charge < -0.3 is 9.84 Å². The Kier molecular flexibility index (Phi) is 32.6. The smallest absolute Gasteiger partial charge is 0.306 e. The van der Waals surface area contributed by atoms with E-state index in [4.69, 9.17) is 9.84 Å². The van der Waals surface area contributed by atoms with Gasteiger partial charge in [0.05, 0.1) is 0 Å². The maximum Gasteiger partial charge on any atom is 0.306 e. The Balaban J connectivity index is 3.81. The average Bonchev–Trinajstić information content (AvgIpc) is 2.97. The van der Waals surface area contributed by atoms with Crippen LogP contribution in [0.4, 0.5) is 0 Å². The molecule has 0 aliphatic heterocycles. The molecule has 1 atom stereocenters. The van der Waals surface area contributed by atoms with Crippen molar-refractivity contribution in [3.05, 3.63) is 24.3 Å². The molecule has 0 aliphatic carbocycles. The predicted molar refractivity (Wildman–Crippen MR) is 181 cm³/mol. The first-order chi connectivity index (χ1) is 20.6. The van der Waals surface area contributed by atoms with Crippen LogP contribution >= 0.6 is 0 Å². The van der Waals surface area contributed by atoms with Gasteiger partial charge in [-0.05, 0) is 70.6 Å². The molecule has 0 aromatic heterocycles. The van der Waals surface area contributed by atoms with Crippen molar-refractivity contribution in [1.82, 2.24) is 0 Å². The van der Waals surface area contributed by atoms with E-state index in [1.165, 1.54) is 109 Å². The molecule has 0 saturated heterocycles. The molecule has 0 aromatic rings. The summed E-state index contributed by atoms with van der Waals surface area (Å²) in [7, 11) is 0. The number of hydrogen-bond acceptors (Lipinski definition) is 3. The van der Waals surface area contributed by atoms with Crippen molar-refractivity contribution >= 4 is 11.9 Å². The third-order valence-electron chi connectivity index (χ3n) is 8.18. The molecule has 4 nitrogen and oxygen atoms in total. The molecule has 0 spiro atoms. The zero-order chi connectivity index (χ0) is 30.8. The van der Waals surface area contributed by atoms with Crippen molar-refractivity contribution in [2.45, 2.75) is 206 Å². The zero-order valence-electron chi connectivity index (χ0n) is 28.1. The first-order valence-electron chi connectivity index (χ1n) is 18.3.